The molecule has 1 rings (SSSR count). The van der Waals surface area contributed by atoms with Crippen molar-refractivity contribution in [2.24, 2.45) is 0 Å². The highest BCUT2D eigenvalue weighted by Gasteiger charge is 2.15. The summed E-state index contributed by atoms with van der Waals surface area (Å²) in [5.41, 5.74) is 0.758. The van der Waals surface area contributed by atoms with Gasteiger partial charge in [-0.25, -0.2) is 9.78 Å². The highest BCUT2D eigenvalue weighted by molar-refractivity contribution is 6.29. The summed E-state index contributed by atoms with van der Waals surface area (Å²) >= 11 is 5.65. The number of methoxy groups -OCH3 is 1. The molecule has 0 amide bonds. The SMILES string of the molecule is COC(=O)c1cc(Cl)nc(C)c1C#N. The van der Waals surface area contributed by atoms with E-state index in [4.69, 9.17) is 16.9 Å². The van der Waals surface area contributed by atoms with Gasteiger partial charge in [-0.2, -0.15) is 5.26 Å². The first-order valence-corrected chi connectivity index (χ1v) is 4.13. The smallest absolute Gasteiger partial charge is 0.339 e. The first kappa shape index (κ1) is 10.5. The fourth-order valence-corrected chi connectivity index (χ4v) is 1.28. The summed E-state index contributed by atoms with van der Waals surface area (Å²) in [6.07, 6.45) is 0. The lowest BCUT2D eigenvalue weighted by molar-refractivity contribution is 0.0600. The molecule has 1 heterocycles. The number of pyridine rings is 1. The fraction of sp³-hybridized carbons (Fsp3) is 0.222. The van der Waals surface area contributed by atoms with E-state index >= 15 is 0 Å². The lowest BCUT2D eigenvalue weighted by atomic mass is 10.1. The summed E-state index contributed by atoms with van der Waals surface area (Å²) < 4.78 is 4.51. The van der Waals surface area contributed by atoms with Crippen molar-refractivity contribution < 1.29 is 9.53 Å². The maximum absolute atomic E-state index is 11.2. The van der Waals surface area contributed by atoms with Gasteiger partial charge in [0, 0.05) is 0 Å². The summed E-state index contributed by atoms with van der Waals surface area (Å²) in [7, 11) is 1.24. The third-order valence-electron chi connectivity index (χ3n) is 1.69. The van der Waals surface area contributed by atoms with Crippen LogP contribution in [0.15, 0.2) is 6.07 Å². The van der Waals surface area contributed by atoms with Gasteiger partial charge in [0.15, 0.2) is 0 Å². The molecule has 0 atom stereocenters. The highest BCUT2D eigenvalue weighted by Crippen LogP contribution is 2.17. The number of nitriles is 1. The van der Waals surface area contributed by atoms with E-state index in [0.29, 0.717) is 5.69 Å². The molecule has 0 aliphatic carbocycles. The zero-order valence-corrected chi connectivity index (χ0v) is 8.42. The predicted octanol–water partition coefficient (Wildman–Crippen LogP) is 1.70. The Hall–Kier alpha value is -1.60. The van der Waals surface area contributed by atoms with Crippen molar-refractivity contribution in [2.75, 3.05) is 7.11 Å². The minimum atomic E-state index is -0.589. The van der Waals surface area contributed by atoms with Crippen LogP contribution in [0.4, 0.5) is 0 Å². The second kappa shape index (κ2) is 4.07. The normalized spacial score (nSPS) is 9.29. The predicted molar refractivity (Wildman–Crippen MR) is 50.0 cm³/mol. The number of aryl methyl sites for hydroxylation is 1. The molecular weight excluding hydrogens is 204 g/mol. The van der Waals surface area contributed by atoms with Crippen molar-refractivity contribution in [1.29, 1.82) is 5.26 Å². The highest BCUT2D eigenvalue weighted by atomic mass is 35.5. The molecule has 14 heavy (non-hydrogen) atoms. The van der Waals surface area contributed by atoms with E-state index in [0.717, 1.165) is 0 Å². The Morgan fingerprint density at radius 2 is 2.36 bits per heavy atom. The van der Waals surface area contributed by atoms with E-state index in [1.165, 1.54) is 13.2 Å². The number of aromatic nitrogens is 1. The van der Waals surface area contributed by atoms with Crippen LogP contribution < -0.4 is 0 Å². The quantitative estimate of drug-likeness (QED) is 0.523. The Morgan fingerprint density at radius 1 is 1.71 bits per heavy atom. The van der Waals surface area contributed by atoms with Gasteiger partial charge in [0.05, 0.1) is 23.9 Å². The van der Waals surface area contributed by atoms with E-state index in [-0.39, 0.29) is 16.3 Å². The van der Waals surface area contributed by atoms with Crippen LogP contribution in [-0.4, -0.2) is 18.1 Å². The Bertz CT molecular complexity index is 424. The average molecular weight is 211 g/mol. The van der Waals surface area contributed by atoms with Crippen molar-refractivity contribution in [1.82, 2.24) is 4.98 Å². The van der Waals surface area contributed by atoms with Crippen molar-refractivity contribution in [3.05, 3.63) is 28.0 Å². The number of halogens is 1. The molecule has 0 saturated carbocycles. The van der Waals surface area contributed by atoms with Crippen LogP contribution in [0.2, 0.25) is 5.15 Å². The molecule has 0 spiro atoms. The molecule has 4 nitrogen and oxygen atoms in total. The topological polar surface area (TPSA) is 63.0 Å². The van der Waals surface area contributed by atoms with Gasteiger partial charge in [0.25, 0.3) is 0 Å². The second-order valence-electron chi connectivity index (χ2n) is 2.56. The van der Waals surface area contributed by atoms with Crippen LogP contribution in [0.25, 0.3) is 0 Å². The maximum Gasteiger partial charge on any atom is 0.339 e. The molecule has 0 aliphatic heterocycles. The summed E-state index contributed by atoms with van der Waals surface area (Å²) in [5, 5.41) is 8.96. The minimum Gasteiger partial charge on any atom is -0.465 e. The molecule has 0 aromatic carbocycles. The van der Waals surface area contributed by atoms with Gasteiger partial charge in [-0.3, -0.25) is 0 Å². The van der Waals surface area contributed by atoms with E-state index in [1.807, 2.05) is 6.07 Å². The van der Waals surface area contributed by atoms with Gasteiger partial charge in [-0.1, -0.05) is 11.6 Å². The first-order valence-electron chi connectivity index (χ1n) is 3.75. The van der Waals surface area contributed by atoms with Crippen LogP contribution in [0.1, 0.15) is 21.6 Å². The molecule has 0 N–H and O–H groups in total. The zero-order valence-electron chi connectivity index (χ0n) is 7.67. The minimum absolute atomic E-state index is 0.146. The van der Waals surface area contributed by atoms with Crippen LogP contribution in [0, 0.1) is 18.3 Å². The van der Waals surface area contributed by atoms with Crippen LogP contribution >= 0.6 is 11.6 Å². The van der Waals surface area contributed by atoms with Crippen molar-refractivity contribution in [3.63, 3.8) is 0 Å². The van der Waals surface area contributed by atoms with Crippen molar-refractivity contribution in [2.45, 2.75) is 6.92 Å². The lowest BCUT2D eigenvalue weighted by Gasteiger charge is -2.04. The number of rotatable bonds is 1. The standard InChI is InChI=1S/C9H7ClN2O2/c1-5-7(4-11)6(9(13)14-2)3-8(10)12-5/h3H,1-2H3. The molecule has 0 fully saturated rings. The maximum atomic E-state index is 11.2. The van der Waals surface area contributed by atoms with E-state index < -0.39 is 5.97 Å². The molecule has 0 bridgehead atoms. The molecule has 5 heteroatoms. The van der Waals surface area contributed by atoms with Gasteiger partial charge >= 0.3 is 5.97 Å². The number of carbonyl (C=O) groups is 1. The summed E-state index contributed by atoms with van der Waals surface area (Å²) in [5.74, 6) is -0.589. The van der Waals surface area contributed by atoms with E-state index in [9.17, 15) is 4.79 Å². The Balaban J connectivity index is 3.41. The van der Waals surface area contributed by atoms with Gasteiger partial charge in [0.1, 0.15) is 11.2 Å². The number of nitrogens with zero attached hydrogens (tertiary/aromatic N) is 2. The number of hydrogen-bond donors (Lipinski definition) is 0. The van der Waals surface area contributed by atoms with Gasteiger partial charge in [0.2, 0.25) is 0 Å². The van der Waals surface area contributed by atoms with Gasteiger partial charge < -0.3 is 4.74 Å². The Kier molecular flexibility index (Phi) is 3.05. The Labute approximate surface area is 86.1 Å². The molecule has 72 valence electrons. The number of esters is 1. The fourth-order valence-electron chi connectivity index (χ4n) is 1.05. The monoisotopic (exact) mass is 210 g/mol. The number of ether oxygens (including phenoxy) is 1. The van der Waals surface area contributed by atoms with Gasteiger partial charge in [-0.15, -0.1) is 0 Å². The molecule has 1 aromatic rings. The first-order chi connectivity index (χ1) is 6.60. The molecule has 0 radical (unpaired) electrons. The largest absolute Gasteiger partial charge is 0.465 e. The second-order valence-corrected chi connectivity index (χ2v) is 2.94. The van der Waals surface area contributed by atoms with Crippen molar-refractivity contribution >= 4 is 17.6 Å². The third kappa shape index (κ3) is 1.83. The third-order valence-corrected chi connectivity index (χ3v) is 1.88. The number of hydrogen-bond acceptors (Lipinski definition) is 4. The molecular formula is C9H7ClN2O2. The van der Waals surface area contributed by atoms with Crippen LogP contribution in [0.3, 0.4) is 0 Å². The lowest BCUT2D eigenvalue weighted by Crippen LogP contribution is -2.06. The van der Waals surface area contributed by atoms with Crippen LogP contribution in [0.5, 0.6) is 0 Å². The van der Waals surface area contributed by atoms with E-state index in [1.54, 1.807) is 6.92 Å². The molecule has 1 aromatic heterocycles. The summed E-state index contributed by atoms with van der Waals surface area (Å²) in [4.78, 5) is 15.1. The molecule has 0 aliphatic rings. The van der Waals surface area contributed by atoms with Crippen molar-refractivity contribution in [3.8, 4) is 6.07 Å². The Morgan fingerprint density at radius 3 is 2.86 bits per heavy atom. The molecule has 0 saturated heterocycles. The van der Waals surface area contributed by atoms with Crippen LogP contribution in [-0.2, 0) is 4.74 Å². The number of carbonyl (C=O) groups excluding carboxylic acids is 1. The van der Waals surface area contributed by atoms with E-state index in [2.05, 4.69) is 9.72 Å². The zero-order chi connectivity index (χ0) is 10.7. The summed E-state index contributed by atoms with van der Waals surface area (Å²) in [6.45, 7) is 1.61. The summed E-state index contributed by atoms with van der Waals surface area (Å²) in [6, 6.07) is 3.20. The molecule has 0 unspecified atom stereocenters. The van der Waals surface area contributed by atoms with Gasteiger partial charge in [-0.05, 0) is 13.0 Å². The average Bonchev–Trinajstić information content (AvgIpc) is 2.15.